The van der Waals surface area contributed by atoms with Crippen LogP contribution in [0.15, 0.2) is 72.8 Å². The molecule has 0 aromatic heterocycles. The standard InChI is InChI=1S/C36H42ClF3N4O5/c1-20(2)29(24-10-14-26(37)15-11-24)34(47)42-28(18-22-6-8-23(19-41)9-7-22)33(46)44-31(25-12-16-27(49-5)17-13-25)35(48)43-30(21(3)4)32(45)36(38,39)40/h6-17,20-21,28-31H,18-19,41H2,1-5H3,(H,42,47)(H,43,48)(H,44,46)/t28-,29?,30-,31-/m0/s1. The van der Waals surface area contributed by atoms with Crippen LogP contribution in [-0.2, 0) is 32.1 Å². The van der Waals surface area contributed by atoms with Gasteiger partial charge in [-0.25, -0.2) is 0 Å². The molecule has 5 N–H and O–H groups in total. The lowest BCUT2D eigenvalue weighted by Gasteiger charge is -2.28. The first-order valence-corrected chi connectivity index (χ1v) is 16.1. The molecule has 0 saturated carbocycles. The number of halogens is 4. The van der Waals surface area contributed by atoms with Crippen LogP contribution in [0.5, 0.6) is 5.75 Å². The first-order chi connectivity index (χ1) is 23.0. The molecule has 0 radical (unpaired) electrons. The highest BCUT2D eigenvalue weighted by Gasteiger charge is 2.45. The molecule has 0 saturated heterocycles. The van der Waals surface area contributed by atoms with Gasteiger partial charge in [0.15, 0.2) is 0 Å². The van der Waals surface area contributed by atoms with Gasteiger partial charge in [-0.2, -0.15) is 13.2 Å². The highest BCUT2D eigenvalue weighted by molar-refractivity contribution is 6.30. The second kappa shape index (κ2) is 17.3. The summed E-state index contributed by atoms with van der Waals surface area (Å²) in [6.07, 6.45) is -5.20. The number of amides is 3. The molecule has 13 heteroatoms. The third-order valence-electron chi connectivity index (χ3n) is 8.03. The van der Waals surface area contributed by atoms with Crippen LogP contribution < -0.4 is 26.4 Å². The van der Waals surface area contributed by atoms with E-state index in [4.69, 9.17) is 22.1 Å². The average molecular weight is 703 g/mol. The summed E-state index contributed by atoms with van der Waals surface area (Å²) < 4.78 is 45.5. The van der Waals surface area contributed by atoms with E-state index in [2.05, 4.69) is 16.0 Å². The Balaban J connectivity index is 2.01. The smallest absolute Gasteiger partial charge is 0.452 e. The lowest BCUT2D eigenvalue weighted by atomic mass is 9.87. The number of Topliss-reactive ketones (excluding diaryl/α,β-unsaturated/α-hetero) is 1. The van der Waals surface area contributed by atoms with Gasteiger partial charge in [-0.05, 0) is 58.4 Å². The molecule has 0 heterocycles. The number of nitrogens with two attached hydrogens (primary N) is 1. The summed E-state index contributed by atoms with van der Waals surface area (Å²) in [4.78, 5) is 53.8. The van der Waals surface area contributed by atoms with Gasteiger partial charge in [0.1, 0.15) is 17.8 Å². The Hall–Kier alpha value is -4.42. The fourth-order valence-electron chi connectivity index (χ4n) is 5.31. The molecule has 0 bridgehead atoms. The quantitative estimate of drug-likeness (QED) is 0.167. The van der Waals surface area contributed by atoms with E-state index in [1.807, 2.05) is 13.8 Å². The summed E-state index contributed by atoms with van der Waals surface area (Å²) >= 11 is 6.07. The minimum atomic E-state index is -5.20. The molecule has 3 amide bonds. The van der Waals surface area contributed by atoms with Crippen LogP contribution in [0.2, 0.25) is 5.02 Å². The van der Waals surface area contributed by atoms with Crippen molar-refractivity contribution >= 4 is 35.1 Å². The molecule has 49 heavy (non-hydrogen) atoms. The highest BCUT2D eigenvalue weighted by atomic mass is 35.5. The fourth-order valence-corrected chi connectivity index (χ4v) is 5.44. The minimum absolute atomic E-state index is 0.00594. The number of carbonyl (C=O) groups is 4. The van der Waals surface area contributed by atoms with Crippen molar-refractivity contribution in [3.05, 3.63) is 100 Å². The van der Waals surface area contributed by atoms with Crippen molar-refractivity contribution in [2.24, 2.45) is 17.6 Å². The van der Waals surface area contributed by atoms with Crippen molar-refractivity contribution in [3.8, 4) is 5.75 Å². The number of benzene rings is 3. The number of ketones is 1. The monoisotopic (exact) mass is 702 g/mol. The van der Waals surface area contributed by atoms with E-state index < -0.39 is 59.6 Å². The molecule has 0 aliphatic heterocycles. The Bertz CT molecular complexity index is 1580. The zero-order valence-electron chi connectivity index (χ0n) is 27.9. The van der Waals surface area contributed by atoms with Gasteiger partial charge in [-0.3, -0.25) is 19.2 Å². The third-order valence-corrected chi connectivity index (χ3v) is 8.29. The van der Waals surface area contributed by atoms with Gasteiger partial charge in [0, 0.05) is 18.0 Å². The van der Waals surface area contributed by atoms with Crippen molar-refractivity contribution < 1.29 is 37.1 Å². The first-order valence-electron chi connectivity index (χ1n) is 15.7. The number of hydrogen-bond donors (Lipinski definition) is 4. The molecule has 9 nitrogen and oxygen atoms in total. The van der Waals surface area contributed by atoms with Gasteiger partial charge in [0.05, 0.1) is 19.1 Å². The topological polar surface area (TPSA) is 140 Å². The maximum Gasteiger partial charge on any atom is 0.452 e. The summed E-state index contributed by atoms with van der Waals surface area (Å²) in [5.41, 5.74) is 8.13. The molecule has 3 rings (SSSR count). The lowest BCUT2D eigenvalue weighted by Crippen LogP contribution is -2.55. The van der Waals surface area contributed by atoms with E-state index in [1.54, 1.807) is 48.5 Å². The van der Waals surface area contributed by atoms with E-state index in [0.29, 0.717) is 28.4 Å². The second-order valence-electron chi connectivity index (χ2n) is 12.4. The maximum absolute atomic E-state index is 14.1. The number of ether oxygens (including phenoxy) is 1. The molecular weight excluding hydrogens is 661 g/mol. The van der Waals surface area contributed by atoms with Crippen LogP contribution in [0.25, 0.3) is 0 Å². The van der Waals surface area contributed by atoms with E-state index in [1.165, 1.54) is 45.2 Å². The average Bonchev–Trinajstić information content (AvgIpc) is 3.06. The van der Waals surface area contributed by atoms with Gasteiger partial charge < -0.3 is 26.4 Å². The minimum Gasteiger partial charge on any atom is -0.497 e. The normalized spacial score (nSPS) is 14.0. The summed E-state index contributed by atoms with van der Waals surface area (Å²) in [6, 6.07) is 15.2. The molecule has 0 spiro atoms. The van der Waals surface area contributed by atoms with Gasteiger partial charge in [0.2, 0.25) is 17.7 Å². The van der Waals surface area contributed by atoms with E-state index >= 15 is 0 Å². The van der Waals surface area contributed by atoms with Crippen molar-refractivity contribution in [3.63, 3.8) is 0 Å². The van der Waals surface area contributed by atoms with E-state index in [-0.39, 0.29) is 17.9 Å². The molecular formula is C36H42ClF3N4O5. The highest BCUT2D eigenvalue weighted by Crippen LogP contribution is 2.27. The Morgan fingerprint density at radius 1 is 0.735 bits per heavy atom. The van der Waals surface area contributed by atoms with Crippen LogP contribution in [0, 0.1) is 11.8 Å². The molecule has 0 aliphatic carbocycles. The number of hydrogen-bond acceptors (Lipinski definition) is 6. The predicted molar refractivity (Wildman–Crippen MR) is 181 cm³/mol. The van der Waals surface area contributed by atoms with Gasteiger partial charge >= 0.3 is 6.18 Å². The van der Waals surface area contributed by atoms with E-state index in [9.17, 15) is 32.3 Å². The Morgan fingerprint density at radius 3 is 1.78 bits per heavy atom. The molecule has 264 valence electrons. The fraction of sp³-hybridized carbons (Fsp3) is 0.389. The van der Waals surface area contributed by atoms with Crippen LogP contribution in [0.3, 0.4) is 0 Å². The first kappa shape index (κ1) is 39.0. The van der Waals surface area contributed by atoms with Crippen LogP contribution in [0.1, 0.15) is 61.9 Å². The van der Waals surface area contributed by atoms with Gasteiger partial charge in [-0.15, -0.1) is 0 Å². The van der Waals surface area contributed by atoms with Crippen LogP contribution in [-0.4, -0.2) is 48.9 Å². The Labute approximate surface area is 289 Å². The summed E-state index contributed by atoms with van der Waals surface area (Å²) in [5.74, 6) is -5.77. The predicted octanol–water partition coefficient (Wildman–Crippen LogP) is 5.40. The van der Waals surface area contributed by atoms with Crippen LogP contribution >= 0.6 is 11.6 Å². The van der Waals surface area contributed by atoms with Gasteiger partial charge in [0.25, 0.3) is 5.78 Å². The number of rotatable bonds is 15. The molecule has 3 aromatic rings. The third kappa shape index (κ3) is 10.8. The summed E-state index contributed by atoms with van der Waals surface area (Å²) in [6.45, 7) is 6.74. The zero-order valence-corrected chi connectivity index (χ0v) is 28.7. The molecule has 0 aliphatic rings. The summed E-state index contributed by atoms with van der Waals surface area (Å²) in [5, 5.41) is 8.14. The van der Waals surface area contributed by atoms with Crippen molar-refractivity contribution in [2.45, 2.75) is 70.9 Å². The van der Waals surface area contributed by atoms with Crippen LogP contribution in [0.4, 0.5) is 13.2 Å². The van der Waals surface area contributed by atoms with Crippen molar-refractivity contribution in [2.75, 3.05) is 7.11 Å². The number of methoxy groups -OCH3 is 1. The van der Waals surface area contributed by atoms with Gasteiger partial charge in [-0.1, -0.05) is 87.8 Å². The van der Waals surface area contributed by atoms with Crippen molar-refractivity contribution in [1.29, 1.82) is 0 Å². The number of alkyl halides is 3. The molecule has 1 unspecified atom stereocenters. The molecule has 0 fully saturated rings. The number of nitrogens with one attached hydrogen (secondary N) is 3. The Morgan fingerprint density at radius 2 is 1.29 bits per heavy atom. The second-order valence-corrected chi connectivity index (χ2v) is 12.8. The van der Waals surface area contributed by atoms with E-state index in [0.717, 1.165) is 5.56 Å². The zero-order chi connectivity index (χ0) is 36.5. The maximum atomic E-state index is 14.1. The summed E-state index contributed by atoms with van der Waals surface area (Å²) in [7, 11) is 1.43. The molecule has 4 atom stereocenters. The SMILES string of the molecule is COc1ccc([C@H](NC(=O)[C@H](Cc2ccc(CN)cc2)NC(=O)C(c2ccc(Cl)cc2)C(C)C)C(=O)N[C@H](C(=O)C(F)(F)F)C(C)C)cc1. The van der Waals surface area contributed by atoms with Crippen molar-refractivity contribution in [1.82, 2.24) is 16.0 Å². The molecule has 3 aromatic carbocycles. The number of carbonyl (C=O) groups excluding carboxylic acids is 4. The largest absolute Gasteiger partial charge is 0.497 e. The lowest BCUT2D eigenvalue weighted by molar-refractivity contribution is -0.175. The Kier molecular flexibility index (Phi) is 13.8.